The van der Waals surface area contributed by atoms with Crippen molar-refractivity contribution >= 4 is 22.9 Å². The Balaban J connectivity index is 1.70. The summed E-state index contributed by atoms with van der Waals surface area (Å²) in [5.41, 5.74) is 5.12. The molecule has 1 atom stereocenters. The Morgan fingerprint density at radius 1 is 1.12 bits per heavy atom. The molecule has 0 aliphatic carbocycles. The van der Waals surface area contributed by atoms with E-state index in [9.17, 15) is 0 Å². The van der Waals surface area contributed by atoms with E-state index >= 15 is 0 Å². The fourth-order valence-corrected chi connectivity index (χ4v) is 4.35. The predicted molar refractivity (Wildman–Crippen MR) is 134 cm³/mol. The molecule has 7 heteroatoms. The van der Waals surface area contributed by atoms with E-state index in [0.29, 0.717) is 23.4 Å². The van der Waals surface area contributed by atoms with Crippen LogP contribution >= 0.6 is 12.2 Å². The van der Waals surface area contributed by atoms with Gasteiger partial charge in [0, 0.05) is 24.4 Å². The van der Waals surface area contributed by atoms with E-state index in [0.717, 1.165) is 40.9 Å². The maximum absolute atomic E-state index is 5.81. The summed E-state index contributed by atoms with van der Waals surface area (Å²) < 4.78 is 11.5. The fourth-order valence-electron chi connectivity index (χ4n) is 4.00. The molecule has 4 rings (SSSR count). The van der Waals surface area contributed by atoms with E-state index in [2.05, 4.69) is 53.5 Å². The molecule has 0 saturated carbocycles. The van der Waals surface area contributed by atoms with Crippen LogP contribution in [0.25, 0.3) is 17.0 Å². The summed E-state index contributed by atoms with van der Waals surface area (Å²) in [7, 11) is 0. The van der Waals surface area contributed by atoms with Crippen LogP contribution in [-0.2, 0) is 4.74 Å². The lowest BCUT2D eigenvalue weighted by molar-refractivity contribution is 0.0749. The predicted octanol–water partition coefficient (Wildman–Crippen LogP) is 5.52. The maximum Gasteiger partial charge on any atom is 0.258 e. The van der Waals surface area contributed by atoms with E-state index in [-0.39, 0.29) is 12.1 Å². The van der Waals surface area contributed by atoms with Gasteiger partial charge in [-0.1, -0.05) is 59.3 Å². The van der Waals surface area contributed by atoms with Crippen molar-refractivity contribution in [1.82, 2.24) is 20.4 Å². The summed E-state index contributed by atoms with van der Waals surface area (Å²) in [6.45, 7) is 9.63. The van der Waals surface area contributed by atoms with Gasteiger partial charge in [0.1, 0.15) is 0 Å². The molecule has 0 fully saturated rings. The molecular formula is C26H30N4O2S. The highest BCUT2D eigenvalue weighted by Gasteiger charge is 2.33. The van der Waals surface area contributed by atoms with Crippen molar-refractivity contribution in [3.63, 3.8) is 0 Å². The van der Waals surface area contributed by atoms with E-state index in [1.165, 1.54) is 0 Å². The molecule has 0 amide bonds. The van der Waals surface area contributed by atoms with Gasteiger partial charge in [-0.05, 0) is 58.0 Å². The summed E-state index contributed by atoms with van der Waals surface area (Å²) in [6.07, 6.45) is 1.07. The summed E-state index contributed by atoms with van der Waals surface area (Å²) in [5, 5.41) is 8.47. The van der Waals surface area contributed by atoms with Crippen molar-refractivity contribution in [1.29, 1.82) is 0 Å². The molecule has 1 N–H and O–H groups in total. The third kappa shape index (κ3) is 5.31. The molecule has 3 aromatic rings. The molecule has 0 spiro atoms. The molecule has 33 heavy (non-hydrogen) atoms. The molecule has 6 nitrogen and oxygen atoms in total. The number of aromatic nitrogens is 2. The van der Waals surface area contributed by atoms with Crippen LogP contribution in [0.1, 0.15) is 50.3 Å². The number of benzene rings is 2. The van der Waals surface area contributed by atoms with Gasteiger partial charge in [0.05, 0.1) is 17.7 Å². The van der Waals surface area contributed by atoms with Gasteiger partial charge in [0.25, 0.3) is 5.89 Å². The Hall–Kier alpha value is -3.03. The maximum atomic E-state index is 5.81. The number of hydrogen-bond donors (Lipinski definition) is 1. The lowest BCUT2D eigenvalue weighted by Gasteiger charge is -2.37. The molecule has 0 radical (unpaired) electrons. The highest BCUT2D eigenvalue weighted by atomic mass is 32.1. The lowest BCUT2D eigenvalue weighted by Crippen LogP contribution is -2.46. The molecule has 1 aromatic heterocycles. The monoisotopic (exact) mass is 462 g/mol. The number of thiocarbonyl (C=S) groups is 1. The molecular weight excluding hydrogens is 432 g/mol. The Labute approximate surface area is 200 Å². The van der Waals surface area contributed by atoms with E-state index < -0.39 is 0 Å². The third-order valence-corrected chi connectivity index (χ3v) is 5.98. The van der Waals surface area contributed by atoms with Gasteiger partial charge in [-0.25, -0.2) is 0 Å². The quantitative estimate of drug-likeness (QED) is 0.349. The number of hydrogen-bond acceptors (Lipinski definition) is 5. The van der Waals surface area contributed by atoms with E-state index in [4.69, 9.17) is 26.5 Å². The van der Waals surface area contributed by atoms with Gasteiger partial charge in [-0.2, -0.15) is 4.98 Å². The normalized spacial score (nSPS) is 16.5. The van der Waals surface area contributed by atoms with Crippen LogP contribution in [-0.4, -0.2) is 39.4 Å². The molecule has 1 aliphatic heterocycles. The summed E-state index contributed by atoms with van der Waals surface area (Å²) in [4.78, 5) is 6.88. The number of nitrogens with zero attached hydrogens (tertiary/aromatic N) is 3. The highest BCUT2D eigenvalue weighted by molar-refractivity contribution is 7.80. The number of aryl methyl sites for hydroxylation is 1. The Bertz CT molecular complexity index is 1140. The van der Waals surface area contributed by atoms with Crippen LogP contribution < -0.4 is 5.32 Å². The molecule has 0 bridgehead atoms. The zero-order valence-corrected chi connectivity index (χ0v) is 20.4. The minimum absolute atomic E-state index is 0.173. The average Bonchev–Trinajstić information content (AvgIpc) is 3.28. The standard InChI is InChI=1S/C26H30N4O2S/c1-17(2)31-15-9-14-30-19(4)22(23(27-26(30)33)20-11-6-5-7-12-20)25-28-24(29-32-25)21-13-8-10-18(3)16-21/h5-8,10-13,16-17,23H,9,14-15H2,1-4H3,(H,27,33). The van der Waals surface area contributed by atoms with Crippen molar-refractivity contribution < 1.29 is 9.26 Å². The zero-order valence-electron chi connectivity index (χ0n) is 19.5. The first kappa shape index (κ1) is 23.1. The van der Waals surface area contributed by atoms with Gasteiger partial charge in [-0.3, -0.25) is 0 Å². The lowest BCUT2D eigenvalue weighted by atomic mass is 9.95. The first-order valence-corrected chi connectivity index (χ1v) is 11.7. The minimum atomic E-state index is -0.173. The van der Waals surface area contributed by atoms with Gasteiger partial charge < -0.3 is 19.5 Å². The van der Waals surface area contributed by atoms with Crippen LogP contribution in [0.15, 0.2) is 64.8 Å². The molecule has 0 saturated heterocycles. The summed E-state index contributed by atoms with van der Waals surface area (Å²) in [5.74, 6) is 1.07. The van der Waals surface area contributed by atoms with Crippen LogP contribution in [0.2, 0.25) is 0 Å². The Kier molecular flexibility index (Phi) is 7.20. The second kappa shape index (κ2) is 10.3. The van der Waals surface area contributed by atoms with Crippen molar-refractivity contribution in [3.8, 4) is 11.4 Å². The van der Waals surface area contributed by atoms with Crippen molar-refractivity contribution in [2.45, 2.75) is 46.3 Å². The van der Waals surface area contributed by atoms with Gasteiger partial charge in [-0.15, -0.1) is 0 Å². The largest absolute Gasteiger partial charge is 0.379 e. The molecule has 2 aromatic carbocycles. The number of nitrogens with one attached hydrogen (secondary N) is 1. The summed E-state index contributed by atoms with van der Waals surface area (Å²) >= 11 is 5.75. The van der Waals surface area contributed by atoms with Crippen molar-refractivity contribution in [2.75, 3.05) is 13.2 Å². The second-order valence-corrected chi connectivity index (χ2v) is 8.90. The SMILES string of the molecule is CC1=C(c2nc(-c3cccc(C)c3)no2)C(c2ccccc2)NC(=S)N1CCCOC(C)C. The van der Waals surface area contributed by atoms with Crippen LogP contribution in [0.4, 0.5) is 0 Å². The van der Waals surface area contributed by atoms with E-state index in [1.807, 2.05) is 44.2 Å². The zero-order chi connectivity index (χ0) is 23.4. The van der Waals surface area contributed by atoms with E-state index in [1.54, 1.807) is 0 Å². The van der Waals surface area contributed by atoms with Gasteiger partial charge >= 0.3 is 0 Å². The molecule has 2 heterocycles. The average molecular weight is 463 g/mol. The second-order valence-electron chi connectivity index (χ2n) is 8.51. The van der Waals surface area contributed by atoms with Crippen molar-refractivity contribution in [3.05, 3.63) is 77.3 Å². The van der Waals surface area contributed by atoms with Crippen molar-refractivity contribution in [2.24, 2.45) is 0 Å². The van der Waals surface area contributed by atoms with Crippen LogP contribution in [0, 0.1) is 6.92 Å². The smallest absolute Gasteiger partial charge is 0.258 e. The molecule has 1 unspecified atom stereocenters. The number of rotatable bonds is 8. The van der Waals surface area contributed by atoms with Crippen LogP contribution in [0.5, 0.6) is 0 Å². The number of ether oxygens (including phenoxy) is 1. The minimum Gasteiger partial charge on any atom is -0.379 e. The Morgan fingerprint density at radius 2 is 1.91 bits per heavy atom. The fraction of sp³-hybridized carbons (Fsp3) is 0.346. The molecule has 172 valence electrons. The van der Waals surface area contributed by atoms with Gasteiger partial charge in [0.2, 0.25) is 5.82 Å². The third-order valence-electron chi connectivity index (χ3n) is 5.64. The number of allylic oxidation sites excluding steroid dienone is 1. The van der Waals surface area contributed by atoms with Gasteiger partial charge in [0.15, 0.2) is 5.11 Å². The van der Waals surface area contributed by atoms with Crippen LogP contribution in [0.3, 0.4) is 0 Å². The molecule has 1 aliphatic rings. The summed E-state index contributed by atoms with van der Waals surface area (Å²) in [6, 6.07) is 18.1. The Morgan fingerprint density at radius 3 is 2.64 bits per heavy atom. The highest BCUT2D eigenvalue weighted by Crippen LogP contribution is 2.37. The first-order valence-electron chi connectivity index (χ1n) is 11.3. The topological polar surface area (TPSA) is 63.4 Å². The first-order chi connectivity index (χ1) is 15.9.